The summed E-state index contributed by atoms with van der Waals surface area (Å²) >= 11 is 0. The summed E-state index contributed by atoms with van der Waals surface area (Å²) in [6, 6.07) is 22.0. The van der Waals surface area contributed by atoms with Crippen molar-refractivity contribution >= 4 is 0 Å². The third kappa shape index (κ3) is 1.37. The maximum Gasteiger partial charge on any atom is -0.00992 e. The Bertz CT molecular complexity index is 297. The number of hydrogen-bond acceptors (Lipinski definition) is 0. The summed E-state index contributed by atoms with van der Waals surface area (Å²) in [5.74, 6) is 0. The maximum absolute atomic E-state index is 3.16. The molecule has 0 aliphatic carbocycles. The van der Waals surface area contributed by atoms with E-state index < -0.39 is 0 Å². The highest BCUT2D eigenvalue weighted by Gasteiger charge is 1.92. The van der Waals surface area contributed by atoms with Crippen molar-refractivity contribution in [1.29, 1.82) is 0 Å². The van der Waals surface area contributed by atoms with Crippen molar-refractivity contribution in [2.75, 3.05) is 0 Å². The Morgan fingerprint density at radius 1 is 0.917 bits per heavy atom. The largest absolute Gasteiger partial charge is 0.0616 e. The Labute approximate surface area is 72.5 Å². The fourth-order valence-corrected chi connectivity index (χ4v) is 1.13. The number of rotatable bonds is 1. The molecule has 0 aliphatic heterocycles. The van der Waals surface area contributed by atoms with Gasteiger partial charge in [-0.15, -0.1) is 0 Å². The van der Waals surface area contributed by atoms with E-state index in [1.165, 1.54) is 0 Å². The summed E-state index contributed by atoms with van der Waals surface area (Å²) in [6.45, 7) is 0. The smallest absolute Gasteiger partial charge is 0.00992 e. The second-order valence-electron chi connectivity index (χ2n) is 2.57. The van der Waals surface area contributed by atoms with Gasteiger partial charge in [0.15, 0.2) is 0 Å². The van der Waals surface area contributed by atoms with Crippen LogP contribution in [0.1, 0.15) is 0 Å². The van der Waals surface area contributed by atoms with Crippen LogP contribution in [0.3, 0.4) is 0 Å². The summed E-state index contributed by atoms with van der Waals surface area (Å²) in [5, 5.41) is 0. The van der Waals surface area contributed by atoms with Gasteiger partial charge in [-0.1, -0.05) is 42.5 Å². The molecule has 0 atom stereocenters. The summed E-state index contributed by atoms with van der Waals surface area (Å²) in [6.07, 6.45) is 0. The standard InChI is InChI=1S/C12H8/c1-3-7-11(8-4-1)12-9-5-2-6-10-12/h1-5,7,9-10H. The van der Waals surface area contributed by atoms with Crippen LogP contribution in [-0.2, 0) is 0 Å². The van der Waals surface area contributed by atoms with E-state index in [4.69, 9.17) is 0 Å². The van der Waals surface area contributed by atoms with Crippen molar-refractivity contribution in [1.82, 2.24) is 0 Å². The molecule has 0 amide bonds. The highest BCUT2D eigenvalue weighted by molar-refractivity contribution is 5.61. The van der Waals surface area contributed by atoms with Gasteiger partial charge in [-0.3, -0.25) is 0 Å². The lowest BCUT2D eigenvalue weighted by Gasteiger charge is -1.97. The van der Waals surface area contributed by atoms with E-state index in [1.54, 1.807) is 0 Å². The van der Waals surface area contributed by atoms with Crippen molar-refractivity contribution in [2.24, 2.45) is 0 Å². The van der Waals surface area contributed by atoms with Gasteiger partial charge in [0.05, 0.1) is 0 Å². The zero-order chi connectivity index (χ0) is 8.23. The second kappa shape index (κ2) is 3.22. The van der Waals surface area contributed by atoms with Gasteiger partial charge in [0.2, 0.25) is 0 Å². The Kier molecular flexibility index (Phi) is 1.91. The molecule has 0 saturated carbocycles. The molecule has 0 bridgehead atoms. The minimum Gasteiger partial charge on any atom is -0.0616 e. The van der Waals surface area contributed by atoms with Crippen molar-refractivity contribution in [3.63, 3.8) is 0 Å². The van der Waals surface area contributed by atoms with Crippen LogP contribution in [0.4, 0.5) is 0 Å². The van der Waals surface area contributed by atoms with Gasteiger partial charge >= 0.3 is 0 Å². The quantitative estimate of drug-likeness (QED) is 0.589. The predicted octanol–water partition coefficient (Wildman–Crippen LogP) is 2.95. The monoisotopic (exact) mass is 152 g/mol. The van der Waals surface area contributed by atoms with Crippen LogP contribution in [0.2, 0.25) is 0 Å². The molecular weight excluding hydrogens is 144 g/mol. The number of benzene rings is 2. The lowest BCUT2D eigenvalue weighted by atomic mass is 10.1. The number of hydrogen-bond donors (Lipinski definition) is 0. The molecule has 0 fully saturated rings. The minimum absolute atomic E-state index is 1.12. The van der Waals surface area contributed by atoms with Gasteiger partial charge in [0, 0.05) is 0 Å². The zero-order valence-corrected chi connectivity index (χ0v) is 6.62. The van der Waals surface area contributed by atoms with Gasteiger partial charge < -0.3 is 0 Å². The van der Waals surface area contributed by atoms with E-state index in [0.29, 0.717) is 0 Å². The lowest BCUT2D eigenvalue weighted by molar-refractivity contribution is 1.60. The third-order valence-corrected chi connectivity index (χ3v) is 1.73. The van der Waals surface area contributed by atoms with Gasteiger partial charge in [0.1, 0.15) is 0 Å². The van der Waals surface area contributed by atoms with Crippen molar-refractivity contribution in [3.8, 4) is 11.1 Å². The molecule has 0 heteroatoms. The van der Waals surface area contributed by atoms with Gasteiger partial charge in [-0.05, 0) is 29.3 Å². The molecule has 2 aromatic rings. The Morgan fingerprint density at radius 2 is 1.92 bits per heavy atom. The lowest BCUT2D eigenvalue weighted by Crippen LogP contribution is -1.74. The normalized spacial score (nSPS) is 9.67. The SMILES string of the molecule is [c]1cccc(-c2[c]cccc2)c1. The van der Waals surface area contributed by atoms with Gasteiger partial charge in [-0.2, -0.15) is 0 Å². The molecule has 0 spiro atoms. The predicted molar refractivity (Wildman–Crippen MR) is 49.6 cm³/mol. The summed E-state index contributed by atoms with van der Waals surface area (Å²) in [5.41, 5.74) is 2.28. The van der Waals surface area contributed by atoms with Crippen molar-refractivity contribution < 1.29 is 0 Å². The van der Waals surface area contributed by atoms with E-state index in [0.717, 1.165) is 11.1 Å². The summed E-state index contributed by atoms with van der Waals surface area (Å²) < 4.78 is 0. The summed E-state index contributed by atoms with van der Waals surface area (Å²) in [7, 11) is 0. The van der Waals surface area contributed by atoms with Crippen LogP contribution in [0.25, 0.3) is 11.1 Å². The van der Waals surface area contributed by atoms with Crippen LogP contribution in [-0.4, -0.2) is 0 Å². The first-order valence-corrected chi connectivity index (χ1v) is 3.90. The summed E-state index contributed by atoms with van der Waals surface area (Å²) in [4.78, 5) is 0. The molecule has 0 unspecified atom stereocenters. The average Bonchev–Trinajstić information content (AvgIpc) is 2.21. The Hall–Kier alpha value is -1.56. The highest BCUT2D eigenvalue weighted by Crippen LogP contribution is 2.16. The average molecular weight is 152 g/mol. The fourth-order valence-electron chi connectivity index (χ4n) is 1.13. The Balaban J connectivity index is 2.46. The van der Waals surface area contributed by atoms with Crippen LogP contribution < -0.4 is 0 Å². The highest BCUT2D eigenvalue weighted by atomic mass is 14.0. The fraction of sp³-hybridized carbons (Fsp3) is 0. The van der Waals surface area contributed by atoms with E-state index in [-0.39, 0.29) is 0 Å². The van der Waals surface area contributed by atoms with Gasteiger partial charge in [0.25, 0.3) is 0 Å². The molecule has 2 radical (unpaired) electrons. The van der Waals surface area contributed by atoms with E-state index >= 15 is 0 Å². The molecule has 2 aromatic carbocycles. The van der Waals surface area contributed by atoms with Crippen LogP contribution in [0, 0.1) is 12.1 Å². The van der Waals surface area contributed by atoms with E-state index in [1.807, 2.05) is 42.5 Å². The molecule has 0 heterocycles. The molecule has 56 valence electrons. The molecule has 0 saturated heterocycles. The molecule has 0 N–H and O–H groups in total. The molecule has 2 rings (SSSR count). The van der Waals surface area contributed by atoms with Crippen molar-refractivity contribution in [2.45, 2.75) is 0 Å². The first-order chi connectivity index (χ1) is 5.97. The van der Waals surface area contributed by atoms with Crippen LogP contribution >= 0.6 is 0 Å². The van der Waals surface area contributed by atoms with E-state index in [2.05, 4.69) is 18.2 Å². The topological polar surface area (TPSA) is 0 Å². The molecule has 0 aromatic heterocycles. The molecule has 0 nitrogen and oxygen atoms in total. The van der Waals surface area contributed by atoms with Crippen molar-refractivity contribution in [3.05, 3.63) is 60.7 Å². The maximum atomic E-state index is 3.16. The first kappa shape index (κ1) is 7.11. The minimum atomic E-state index is 1.12. The Morgan fingerprint density at radius 3 is 2.58 bits per heavy atom. The van der Waals surface area contributed by atoms with Crippen LogP contribution in [0.15, 0.2) is 48.5 Å². The molecule has 12 heavy (non-hydrogen) atoms. The second-order valence-corrected chi connectivity index (χ2v) is 2.57. The molecular formula is C12H8. The van der Waals surface area contributed by atoms with Gasteiger partial charge in [-0.25, -0.2) is 0 Å². The van der Waals surface area contributed by atoms with E-state index in [9.17, 15) is 0 Å². The first-order valence-electron chi connectivity index (χ1n) is 3.90. The third-order valence-electron chi connectivity index (χ3n) is 1.73. The molecule has 0 aliphatic rings. The van der Waals surface area contributed by atoms with Crippen LogP contribution in [0.5, 0.6) is 0 Å². The zero-order valence-electron chi connectivity index (χ0n) is 6.62.